The molecule has 2 aliphatic rings. The van der Waals surface area contributed by atoms with Crippen LogP contribution >= 0.6 is 11.8 Å². The quantitative estimate of drug-likeness (QED) is 0.697. The molecule has 1 amide bonds. The van der Waals surface area contributed by atoms with Crippen LogP contribution in [0.4, 0.5) is 0 Å². The fourth-order valence-corrected chi connectivity index (χ4v) is 4.65. The molecule has 0 radical (unpaired) electrons. The third-order valence-electron chi connectivity index (χ3n) is 6.32. The number of likely N-dealkylation sites (tertiary alicyclic amines) is 2. The highest BCUT2D eigenvalue weighted by Gasteiger charge is 2.40. The van der Waals surface area contributed by atoms with Crippen molar-refractivity contribution >= 4 is 17.7 Å². The Morgan fingerprint density at radius 1 is 1.23 bits per heavy atom. The predicted octanol–water partition coefficient (Wildman–Crippen LogP) is 3.12. The van der Waals surface area contributed by atoms with Gasteiger partial charge in [-0.3, -0.25) is 4.79 Å². The molecule has 1 unspecified atom stereocenters. The number of rotatable bonds is 8. The second-order valence-electron chi connectivity index (χ2n) is 8.15. The van der Waals surface area contributed by atoms with Crippen molar-refractivity contribution in [3.8, 4) is 0 Å². The van der Waals surface area contributed by atoms with Gasteiger partial charge in [0.1, 0.15) is 0 Å². The highest BCUT2D eigenvalue weighted by atomic mass is 32.2. The largest absolute Gasteiger partial charge is 0.342 e. The summed E-state index contributed by atoms with van der Waals surface area (Å²) in [6.07, 6.45) is 14.5. The molecule has 26 heavy (non-hydrogen) atoms. The van der Waals surface area contributed by atoms with Crippen molar-refractivity contribution in [3.63, 3.8) is 0 Å². The number of aromatic nitrogens is 2. The fraction of sp³-hybridized carbons (Fsp3) is 0.800. The van der Waals surface area contributed by atoms with E-state index in [4.69, 9.17) is 0 Å². The topological polar surface area (TPSA) is 41.4 Å². The lowest BCUT2D eigenvalue weighted by Crippen LogP contribution is -2.51. The summed E-state index contributed by atoms with van der Waals surface area (Å²) >= 11 is 1.97. The number of thioether (sulfide) groups is 1. The van der Waals surface area contributed by atoms with E-state index in [1.165, 1.54) is 38.9 Å². The van der Waals surface area contributed by atoms with Crippen LogP contribution in [0.15, 0.2) is 18.7 Å². The molecule has 3 heterocycles. The Hall–Kier alpha value is -1.01. The van der Waals surface area contributed by atoms with Gasteiger partial charge < -0.3 is 14.4 Å². The highest BCUT2D eigenvalue weighted by molar-refractivity contribution is 7.99. The van der Waals surface area contributed by atoms with Gasteiger partial charge in [-0.05, 0) is 63.4 Å². The standard InChI is InChI=1S/C20H34N4OS/c1-18(26-2)5-12-22-13-7-20(8-14-22)6-4-19(25)24(16-20)11-3-10-23-15-9-21-17-23/h9,15,17-18H,3-8,10-14,16H2,1-2H3. The Bertz CT molecular complexity index is 554. The number of carbonyl (C=O) groups excluding carboxylic acids is 1. The SMILES string of the molecule is CSC(C)CCN1CCC2(CCC(=O)N(CCCn3ccnc3)C2)CC1. The Morgan fingerprint density at radius 2 is 2.04 bits per heavy atom. The second kappa shape index (κ2) is 9.27. The summed E-state index contributed by atoms with van der Waals surface area (Å²) in [6.45, 7) is 8.77. The van der Waals surface area contributed by atoms with Gasteiger partial charge in [-0.15, -0.1) is 0 Å². The smallest absolute Gasteiger partial charge is 0.222 e. The number of carbonyl (C=O) groups is 1. The Morgan fingerprint density at radius 3 is 2.73 bits per heavy atom. The molecular weight excluding hydrogens is 344 g/mol. The third kappa shape index (κ3) is 5.26. The zero-order valence-electron chi connectivity index (χ0n) is 16.4. The third-order valence-corrected chi connectivity index (χ3v) is 7.36. The van der Waals surface area contributed by atoms with E-state index in [2.05, 4.69) is 32.5 Å². The van der Waals surface area contributed by atoms with Crippen molar-refractivity contribution < 1.29 is 4.79 Å². The van der Waals surface area contributed by atoms with E-state index < -0.39 is 0 Å². The van der Waals surface area contributed by atoms with E-state index in [0.29, 0.717) is 11.3 Å². The summed E-state index contributed by atoms with van der Waals surface area (Å²) in [5.41, 5.74) is 0.380. The van der Waals surface area contributed by atoms with E-state index in [-0.39, 0.29) is 0 Å². The summed E-state index contributed by atoms with van der Waals surface area (Å²) in [4.78, 5) is 21.2. The molecule has 0 saturated carbocycles. The minimum Gasteiger partial charge on any atom is -0.342 e. The van der Waals surface area contributed by atoms with Crippen LogP contribution in [0.1, 0.15) is 45.4 Å². The van der Waals surface area contributed by atoms with Crippen molar-refractivity contribution in [1.29, 1.82) is 0 Å². The molecule has 1 spiro atoms. The average Bonchev–Trinajstić information content (AvgIpc) is 3.17. The van der Waals surface area contributed by atoms with Gasteiger partial charge in [-0.25, -0.2) is 4.98 Å². The van der Waals surface area contributed by atoms with Gasteiger partial charge >= 0.3 is 0 Å². The molecule has 1 aromatic rings. The maximum atomic E-state index is 12.4. The van der Waals surface area contributed by atoms with Gasteiger partial charge in [0.05, 0.1) is 6.33 Å². The lowest BCUT2D eigenvalue weighted by atomic mass is 9.72. The summed E-state index contributed by atoms with van der Waals surface area (Å²) in [6, 6.07) is 0. The number of piperidine rings is 2. The molecule has 146 valence electrons. The van der Waals surface area contributed by atoms with Crippen molar-refractivity contribution in [1.82, 2.24) is 19.4 Å². The van der Waals surface area contributed by atoms with Gasteiger partial charge in [-0.2, -0.15) is 11.8 Å². The van der Waals surface area contributed by atoms with Gasteiger partial charge in [0, 0.05) is 43.7 Å². The molecule has 1 atom stereocenters. The van der Waals surface area contributed by atoms with Gasteiger partial charge in [0.15, 0.2) is 0 Å². The van der Waals surface area contributed by atoms with Crippen LogP contribution in [0, 0.1) is 5.41 Å². The number of amides is 1. The monoisotopic (exact) mass is 378 g/mol. The van der Waals surface area contributed by atoms with Gasteiger partial charge in [0.2, 0.25) is 5.91 Å². The van der Waals surface area contributed by atoms with Crippen LogP contribution < -0.4 is 0 Å². The van der Waals surface area contributed by atoms with E-state index in [1.807, 2.05) is 30.5 Å². The first-order valence-electron chi connectivity index (χ1n) is 10.1. The Kier molecular flexibility index (Phi) is 7.04. The highest BCUT2D eigenvalue weighted by Crippen LogP contribution is 2.40. The van der Waals surface area contributed by atoms with Crippen LogP contribution in [0.25, 0.3) is 0 Å². The molecule has 6 heteroatoms. The van der Waals surface area contributed by atoms with Crippen molar-refractivity contribution in [3.05, 3.63) is 18.7 Å². The fourth-order valence-electron chi connectivity index (χ4n) is 4.31. The predicted molar refractivity (Wildman–Crippen MR) is 108 cm³/mol. The molecule has 2 fully saturated rings. The number of hydrogen-bond acceptors (Lipinski definition) is 4. The van der Waals surface area contributed by atoms with E-state index in [0.717, 1.165) is 44.1 Å². The van der Waals surface area contributed by atoms with Gasteiger partial charge in [-0.1, -0.05) is 6.92 Å². The average molecular weight is 379 g/mol. The molecule has 5 nitrogen and oxygen atoms in total. The first-order chi connectivity index (χ1) is 12.6. The van der Waals surface area contributed by atoms with Crippen LogP contribution in [0.5, 0.6) is 0 Å². The van der Waals surface area contributed by atoms with E-state index in [9.17, 15) is 4.79 Å². The lowest BCUT2D eigenvalue weighted by molar-refractivity contribution is -0.139. The van der Waals surface area contributed by atoms with Crippen molar-refractivity contribution in [2.24, 2.45) is 5.41 Å². The van der Waals surface area contributed by atoms with Crippen molar-refractivity contribution in [2.75, 3.05) is 39.0 Å². The van der Waals surface area contributed by atoms with Crippen LogP contribution in [0.2, 0.25) is 0 Å². The molecule has 0 bridgehead atoms. The summed E-state index contributed by atoms with van der Waals surface area (Å²) < 4.78 is 2.10. The summed E-state index contributed by atoms with van der Waals surface area (Å²) in [5, 5.41) is 0.754. The first-order valence-corrected chi connectivity index (χ1v) is 11.4. The van der Waals surface area contributed by atoms with Crippen molar-refractivity contribution in [2.45, 2.75) is 57.2 Å². The van der Waals surface area contributed by atoms with E-state index >= 15 is 0 Å². The molecule has 0 N–H and O–H groups in total. The number of nitrogens with zero attached hydrogens (tertiary/aromatic N) is 4. The zero-order valence-corrected chi connectivity index (χ0v) is 17.2. The molecular formula is C20H34N4OS. The van der Waals surface area contributed by atoms with Crippen LogP contribution in [-0.4, -0.2) is 69.5 Å². The van der Waals surface area contributed by atoms with Gasteiger partial charge in [0.25, 0.3) is 0 Å². The number of hydrogen-bond donors (Lipinski definition) is 0. The minimum absolute atomic E-state index is 0.359. The Balaban J connectivity index is 1.44. The molecule has 2 aliphatic heterocycles. The Labute approximate surface area is 162 Å². The molecule has 2 saturated heterocycles. The second-order valence-corrected chi connectivity index (χ2v) is 9.42. The molecule has 1 aromatic heterocycles. The number of imidazole rings is 1. The minimum atomic E-state index is 0.359. The first kappa shape index (κ1) is 19.7. The maximum absolute atomic E-state index is 12.4. The molecule has 3 rings (SSSR count). The van der Waals surface area contributed by atoms with E-state index in [1.54, 1.807) is 0 Å². The molecule has 0 aliphatic carbocycles. The normalized spacial score (nSPS) is 22.1. The maximum Gasteiger partial charge on any atom is 0.222 e. The zero-order chi connectivity index (χ0) is 18.4. The number of aryl methyl sites for hydroxylation is 1. The summed E-state index contributed by atoms with van der Waals surface area (Å²) in [7, 11) is 0. The summed E-state index contributed by atoms with van der Waals surface area (Å²) in [5.74, 6) is 0.359. The van der Waals surface area contributed by atoms with Crippen LogP contribution in [-0.2, 0) is 11.3 Å². The molecule has 0 aromatic carbocycles. The van der Waals surface area contributed by atoms with Crippen LogP contribution in [0.3, 0.4) is 0 Å². The lowest BCUT2D eigenvalue weighted by Gasteiger charge is -2.47.